The van der Waals surface area contributed by atoms with Crippen molar-refractivity contribution in [2.24, 2.45) is 0 Å². The number of benzene rings is 2. The second-order valence-corrected chi connectivity index (χ2v) is 10.1. The summed E-state index contributed by atoms with van der Waals surface area (Å²) >= 11 is 0. The van der Waals surface area contributed by atoms with E-state index in [0.717, 1.165) is 12.1 Å². The molecule has 0 aliphatic carbocycles. The van der Waals surface area contributed by atoms with Gasteiger partial charge in [-0.05, 0) is 30.7 Å². The molecule has 1 aromatic heterocycles. The monoisotopic (exact) mass is 521 g/mol. The summed E-state index contributed by atoms with van der Waals surface area (Å²) in [6.45, 7) is 1.05. The van der Waals surface area contributed by atoms with Gasteiger partial charge in [0.1, 0.15) is 29.7 Å². The van der Waals surface area contributed by atoms with Crippen LogP contribution in [-0.2, 0) is 20.9 Å². The Hall–Kier alpha value is -3.38. The summed E-state index contributed by atoms with van der Waals surface area (Å²) in [6, 6.07) is 9.35. The molecule has 2 aliphatic rings. The van der Waals surface area contributed by atoms with Crippen molar-refractivity contribution < 1.29 is 35.8 Å². The van der Waals surface area contributed by atoms with Crippen molar-refractivity contribution >= 4 is 15.8 Å². The van der Waals surface area contributed by atoms with E-state index in [0.29, 0.717) is 42.9 Å². The Balaban J connectivity index is 1.49. The molecule has 0 radical (unpaired) electrons. The van der Waals surface area contributed by atoms with Crippen molar-refractivity contribution in [2.75, 3.05) is 24.5 Å². The minimum Gasteiger partial charge on any atom is -0.493 e. The number of fused-ring (bicyclic) bond motifs is 1. The highest BCUT2D eigenvalue weighted by molar-refractivity contribution is 7.92. The second kappa shape index (κ2) is 9.58. The number of halogens is 3. The molecule has 5 rings (SSSR count). The zero-order chi connectivity index (χ0) is 25.3. The summed E-state index contributed by atoms with van der Waals surface area (Å²) in [5.74, 6) is 0.246. The van der Waals surface area contributed by atoms with Crippen LogP contribution in [0.25, 0.3) is 0 Å². The fraction of sp³-hybridized carbons (Fsp3) is 0.333. The zero-order valence-electron chi connectivity index (χ0n) is 18.9. The molecule has 2 aromatic carbocycles. The number of hydrogen-bond acceptors (Lipinski definition) is 7. The quantitative estimate of drug-likeness (QED) is 0.514. The van der Waals surface area contributed by atoms with E-state index in [1.165, 1.54) is 36.8 Å². The lowest BCUT2D eigenvalue weighted by Gasteiger charge is -2.29. The molecule has 1 unspecified atom stereocenters. The van der Waals surface area contributed by atoms with Crippen LogP contribution in [0.1, 0.15) is 35.4 Å². The van der Waals surface area contributed by atoms with E-state index in [1.54, 1.807) is 6.07 Å². The summed E-state index contributed by atoms with van der Waals surface area (Å²) in [5.41, 5.74) is 0.438. The molecule has 36 heavy (non-hydrogen) atoms. The van der Waals surface area contributed by atoms with Crippen LogP contribution in [-0.4, -0.2) is 44.3 Å². The van der Waals surface area contributed by atoms with Gasteiger partial charge < -0.3 is 14.2 Å². The Morgan fingerprint density at radius 3 is 2.58 bits per heavy atom. The van der Waals surface area contributed by atoms with Crippen LogP contribution < -0.4 is 14.2 Å². The highest BCUT2D eigenvalue weighted by Crippen LogP contribution is 2.44. The van der Waals surface area contributed by atoms with Crippen LogP contribution in [0.5, 0.6) is 11.5 Å². The molecular weight excluding hydrogens is 499 g/mol. The molecule has 8 nitrogen and oxygen atoms in total. The first-order valence-corrected chi connectivity index (χ1v) is 12.7. The number of hydrogen-bond donors (Lipinski definition) is 1. The van der Waals surface area contributed by atoms with Crippen LogP contribution in [0.2, 0.25) is 0 Å². The average molecular weight is 522 g/mol. The van der Waals surface area contributed by atoms with E-state index in [9.17, 15) is 21.6 Å². The Bertz CT molecular complexity index is 1350. The minimum absolute atomic E-state index is 0.0347. The van der Waals surface area contributed by atoms with Crippen LogP contribution >= 0.6 is 0 Å². The molecule has 0 spiro atoms. The van der Waals surface area contributed by atoms with Gasteiger partial charge in [-0.15, -0.1) is 0 Å². The van der Waals surface area contributed by atoms with Crippen LogP contribution in [0, 0.1) is 0 Å². The van der Waals surface area contributed by atoms with Crippen LogP contribution in [0.15, 0.2) is 59.9 Å². The smallest absolute Gasteiger partial charge is 0.416 e. The normalized spacial score (nSPS) is 19.9. The number of sulfonamides is 1. The maximum absolute atomic E-state index is 13.4. The molecular formula is C24H22F3N3O5S. The Kier molecular flexibility index (Phi) is 6.47. The zero-order valence-corrected chi connectivity index (χ0v) is 19.7. The standard InChI is InChI=1S/C24H22F3N3O5S/c25-24(26,27)15-1-3-20(22(11-15)35-16-6-9-33-13-16)18-7-10-34-21-12-17(2-4-19(18)21)36(31,32)30-23-5-8-28-14-29-23/h1-5,8,11-12,14,16,18H,6-7,9-10,13H2,(H,28,29,30)/t16-,18?/m0/s1. The highest BCUT2D eigenvalue weighted by Gasteiger charge is 2.34. The van der Waals surface area contributed by atoms with Gasteiger partial charge in [0.25, 0.3) is 10.0 Å². The summed E-state index contributed by atoms with van der Waals surface area (Å²) in [7, 11) is -3.96. The number of alkyl halides is 3. The molecule has 1 saturated heterocycles. The number of ether oxygens (including phenoxy) is 3. The first kappa shape index (κ1) is 24.3. The predicted molar refractivity (Wildman–Crippen MR) is 123 cm³/mol. The van der Waals surface area contributed by atoms with Gasteiger partial charge in [-0.25, -0.2) is 18.4 Å². The lowest BCUT2D eigenvalue weighted by Crippen LogP contribution is -2.21. The van der Waals surface area contributed by atoms with E-state index >= 15 is 0 Å². The molecule has 0 amide bonds. The fourth-order valence-corrected chi connectivity index (χ4v) is 5.32. The first-order valence-electron chi connectivity index (χ1n) is 11.2. The largest absolute Gasteiger partial charge is 0.493 e. The van der Waals surface area contributed by atoms with Gasteiger partial charge in [0.2, 0.25) is 0 Å². The van der Waals surface area contributed by atoms with Crippen molar-refractivity contribution in [3.8, 4) is 11.5 Å². The molecule has 190 valence electrons. The molecule has 1 fully saturated rings. The molecule has 3 heterocycles. The van der Waals surface area contributed by atoms with Crippen molar-refractivity contribution in [3.05, 3.63) is 71.7 Å². The fourth-order valence-electron chi connectivity index (χ4n) is 4.29. The summed E-state index contributed by atoms with van der Waals surface area (Å²) in [5, 5.41) is 0. The summed E-state index contributed by atoms with van der Waals surface area (Å²) in [4.78, 5) is 7.59. The molecule has 2 atom stereocenters. The topological polar surface area (TPSA) is 99.6 Å². The molecule has 12 heteroatoms. The first-order chi connectivity index (χ1) is 17.2. The van der Waals surface area contributed by atoms with E-state index in [2.05, 4.69) is 14.7 Å². The van der Waals surface area contributed by atoms with Gasteiger partial charge in [0.05, 0.1) is 30.3 Å². The third-order valence-electron chi connectivity index (χ3n) is 6.05. The van der Waals surface area contributed by atoms with E-state index in [4.69, 9.17) is 14.2 Å². The molecule has 0 bridgehead atoms. The van der Waals surface area contributed by atoms with Crippen LogP contribution in [0.4, 0.5) is 19.0 Å². The number of nitrogens with zero attached hydrogens (tertiary/aromatic N) is 2. The average Bonchev–Trinajstić information content (AvgIpc) is 3.36. The third kappa shape index (κ3) is 5.09. The highest BCUT2D eigenvalue weighted by atomic mass is 32.2. The van der Waals surface area contributed by atoms with Gasteiger partial charge in [-0.2, -0.15) is 13.2 Å². The molecule has 3 aromatic rings. The van der Waals surface area contributed by atoms with Crippen molar-refractivity contribution in [1.82, 2.24) is 9.97 Å². The van der Waals surface area contributed by atoms with Crippen LogP contribution in [0.3, 0.4) is 0 Å². The number of anilines is 1. The van der Waals surface area contributed by atoms with Gasteiger partial charge in [0, 0.05) is 35.7 Å². The predicted octanol–water partition coefficient (Wildman–Crippen LogP) is 4.38. The van der Waals surface area contributed by atoms with E-state index in [-0.39, 0.29) is 35.1 Å². The Labute approximate surface area is 205 Å². The molecule has 1 N–H and O–H groups in total. The second-order valence-electron chi connectivity index (χ2n) is 8.44. The minimum atomic E-state index is -4.52. The van der Waals surface area contributed by atoms with E-state index < -0.39 is 21.8 Å². The Morgan fingerprint density at radius 2 is 1.86 bits per heavy atom. The third-order valence-corrected chi connectivity index (χ3v) is 7.41. The van der Waals surface area contributed by atoms with Crippen molar-refractivity contribution in [1.29, 1.82) is 0 Å². The Morgan fingerprint density at radius 1 is 1.03 bits per heavy atom. The van der Waals surface area contributed by atoms with Crippen molar-refractivity contribution in [3.63, 3.8) is 0 Å². The van der Waals surface area contributed by atoms with Gasteiger partial charge in [-0.1, -0.05) is 12.1 Å². The SMILES string of the molecule is O=S(=O)(Nc1ccncn1)c1ccc2c(c1)OCCC2c1ccc(C(F)(F)F)cc1O[C@H]1CCOC1. The number of rotatable bonds is 6. The van der Waals surface area contributed by atoms with Gasteiger partial charge >= 0.3 is 6.18 Å². The molecule has 2 aliphatic heterocycles. The van der Waals surface area contributed by atoms with E-state index in [1.807, 2.05) is 0 Å². The summed E-state index contributed by atoms with van der Waals surface area (Å²) < 4.78 is 85.4. The molecule has 0 saturated carbocycles. The lowest BCUT2D eigenvalue weighted by atomic mass is 9.85. The maximum atomic E-state index is 13.4. The number of nitrogens with one attached hydrogen (secondary N) is 1. The lowest BCUT2D eigenvalue weighted by molar-refractivity contribution is -0.137. The summed E-state index contributed by atoms with van der Waals surface area (Å²) in [6.07, 6.45) is -1.16. The van der Waals surface area contributed by atoms with Crippen molar-refractivity contribution in [2.45, 2.75) is 35.9 Å². The number of aromatic nitrogens is 2. The van der Waals surface area contributed by atoms with Gasteiger partial charge in [0.15, 0.2) is 0 Å². The maximum Gasteiger partial charge on any atom is 0.416 e. The van der Waals surface area contributed by atoms with Gasteiger partial charge in [-0.3, -0.25) is 4.72 Å².